The van der Waals surface area contributed by atoms with E-state index in [1.165, 1.54) is 48.5 Å². The van der Waals surface area contributed by atoms with Crippen molar-refractivity contribution >= 4 is 91.8 Å². The maximum absolute atomic E-state index is 14.1. The number of hydrogen-bond donors (Lipinski definition) is 4. The molecule has 81 heavy (non-hydrogen) atoms. The molecule has 2 unspecified atom stereocenters. The van der Waals surface area contributed by atoms with E-state index in [-0.39, 0.29) is 59.7 Å². The molecule has 0 radical (unpaired) electrons. The average Bonchev–Trinajstić information content (AvgIpc) is 4.09. The van der Waals surface area contributed by atoms with Gasteiger partial charge in [0.15, 0.2) is 11.5 Å². The molecule has 0 spiro atoms. The molecule has 7 heterocycles. The monoisotopic (exact) mass is 1100 g/mol. The number of nitrogens with one attached hydrogen (secondary N) is 4. The number of carbonyl (C=O) groups excluding carboxylic acids is 8. The highest BCUT2D eigenvalue weighted by Crippen LogP contribution is 2.42. The summed E-state index contributed by atoms with van der Waals surface area (Å²) in [6.45, 7) is 1.28. The fraction of sp³-hybridized carbons (Fsp3) is 0.207. The lowest BCUT2D eigenvalue weighted by Gasteiger charge is -2.27. The standard InChI is InChI=1S/C31H26FN5O6.C27H20FN5O5/c32-18-3-1-4-20(14-18)43-26-15-25-17(16-33-37(25)19-9-11-42-12-10-19)13-23(26)34-22-6-2-5-21-28(22)31(41)36(30(21)40)24-7-8-27(38)35-29(24)39;1-32-21-12-22(38-16-7-5-15(28)6-8-16)19(11-14(21)13-29-32)30-18-4-2-3-17-24(18)27(37)33(26(17)36)20-9-10-23(34)31-25(20)35/h1-6,13-16,19,24,34H,7-12H2,(H,35,38,39);2-8,11-13,20,30H,9-10H2,1H3,(H,31,34,35). The van der Waals surface area contributed by atoms with Crippen LogP contribution >= 0.6 is 0 Å². The normalized spacial score (nSPS) is 18.2. The summed E-state index contributed by atoms with van der Waals surface area (Å²) in [4.78, 5) is 104. The first-order chi connectivity index (χ1) is 39.2. The van der Waals surface area contributed by atoms with Crippen LogP contribution < -0.4 is 30.7 Å². The Kier molecular flexibility index (Phi) is 13.3. The SMILES string of the molecule is Cn1ncc2cc(Nc3cccc4c3C(=O)N(C3CCC(=O)NC3=O)C4=O)c(Oc3ccc(F)cc3)cc21.O=C1CCC(N2C(=O)c3cccc(Nc4cc5cnn(C6CCOCC6)c5cc4Oc4cccc(F)c4)c3C2=O)C(=O)N1. The predicted octanol–water partition coefficient (Wildman–Crippen LogP) is 8.11. The van der Waals surface area contributed by atoms with Gasteiger partial charge in [-0.2, -0.15) is 10.2 Å². The van der Waals surface area contributed by atoms with Crippen LogP contribution in [0.2, 0.25) is 0 Å². The van der Waals surface area contributed by atoms with E-state index < -0.39 is 71.0 Å². The van der Waals surface area contributed by atoms with E-state index in [2.05, 4.69) is 31.5 Å². The Morgan fingerprint density at radius 1 is 0.543 bits per heavy atom. The molecule has 8 amide bonds. The molecule has 3 saturated heterocycles. The molecule has 0 aliphatic carbocycles. The summed E-state index contributed by atoms with van der Waals surface area (Å²) in [6, 6.07) is 26.1. The lowest BCUT2D eigenvalue weighted by molar-refractivity contribution is -0.137. The highest BCUT2D eigenvalue weighted by atomic mass is 19.1. The predicted molar refractivity (Wildman–Crippen MR) is 285 cm³/mol. The molecule has 0 saturated carbocycles. The molecule has 4 N–H and O–H groups in total. The van der Waals surface area contributed by atoms with Gasteiger partial charge in [-0.1, -0.05) is 18.2 Å². The summed E-state index contributed by atoms with van der Waals surface area (Å²) in [5.74, 6) is -4.20. The molecule has 2 atom stereocenters. The number of anilines is 4. The number of fused-ring (bicyclic) bond motifs is 4. The van der Waals surface area contributed by atoms with E-state index in [4.69, 9.17) is 14.2 Å². The second-order valence-electron chi connectivity index (χ2n) is 19.7. The lowest BCUT2D eigenvalue weighted by Crippen LogP contribution is -2.54. The number of nitrogens with zero attached hydrogens (tertiary/aromatic N) is 6. The molecule has 21 nitrogen and oxygen atoms in total. The first kappa shape index (κ1) is 51.6. The molecule has 5 aliphatic rings. The third kappa shape index (κ3) is 9.72. The zero-order valence-electron chi connectivity index (χ0n) is 42.9. The van der Waals surface area contributed by atoms with Crippen molar-refractivity contribution in [1.29, 1.82) is 0 Å². The van der Waals surface area contributed by atoms with Crippen molar-refractivity contribution in [3.05, 3.63) is 155 Å². The van der Waals surface area contributed by atoms with Gasteiger partial charge in [0.1, 0.15) is 35.2 Å². The second kappa shape index (κ2) is 20.9. The van der Waals surface area contributed by atoms with Crippen molar-refractivity contribution in [1.82, 2.24) is 40.0 Å². The number of aryl methyl sites for hydroxylation is 1. The summed E-state index contributed by atoms with van der Waals surface area (Å²) in [5, 5.41) is 21.4. The third-order valence-corrected chi connectivity index (χ3v) is 14.6. The maximum Gasteiger partial charge on any atom is 0.264 e. The second-order valence-corrected chi connectivity index (χ2v) is 19.7. The third-order valence-electron chi connectivity index (χ3n) is 14.6. The van der Waals surface area contributed by atoms with Gasteiger partial charge in [0.25, 0.3) is 23.6 Å². The van der Waals surface area contributed by atoms with E-state index in [0.717, 1.165) is 44.4 Å². The summed E-state index contributed by atoms with van der Waals surface area (Å²) in [6.07, 6.45) is 5.22. The summed E-state index contributed by atoms with van der Waals surface area (Å²) >= 11 is 0. The molecular weight excluding hydrogens is 1050 g/mol. The van der Waals surface area contributed by atoms with Crippen LogP contribution in [0.3, 0.4) is 0 Å². The molecule has 13 rings (SSSR count). The van der Waals surface area contributed by atoms with Gasteiger partial charge in [0, 0.05) is 62.1 Å². The van der Waals surface area contributed by atoms with Crippen molar-refractivity contribution in [2.24, 2.45) is 7.05 Å². The summed E-state index contributed by atoms with van der Waals surface area (Å²) in [5.41, 5.74) is 3.69. The fourth-order valence-electron chi connectivity index (χ4n) is 10.7. The van der Waals surface area contributed by atoms with Crippen LogP contribution in [0.25, 0.3) is 21.8 Å². The van der Waals surface area contributed by atoms with Gasteiger partial charge in [-0.05, 0) is 98.5 Å². The summed E-state index contributed by atoms with van der Waals surface area (Å²) < 4.78 is 48.9. The fourth-order valence-corrected chi connectivity index (χ4v) is 10.7. The first-order valence-corrected chi connectivity index (χ1v) is 25.8. The number of rotatable bonds is 11. The molecule has 0 bridgehead atoms. The van der Waals surface area contributed by atoms with Gasteiger partial charge in [-0.3, -0.25) is 68.2 Å². The molecule has 3 fully saturated rings. The van der Waals surface area contributed by atoms with Crippen molar-refractivity contribution in [3.63, 3.8) is 0 Å². The number of benzene rings is 6. The highest BCUT2D eigenvalue weighted by Gasteiger charge is 2.47. The minimum atomic E-state index is -1.09. The molecule has 23 heteroatoms. The van der Waals surface area contributed by atoms with Crippen LogP contribution in [0.1, 0.15) is 86.0 Å². The minimum Gasteiger partial charge on any atom is -0.455 e. The number of amides is 8. The first-order valence-electron chi connectivity index (χ1n) is 25.8. The van der Waals surface area contributed by atoms with Crippen molar-refractivity contribution in [2.45, 2.75) is 56.7 Å². The van der Waals surface area contributed by atoms with Gasteiger partial charge in [0.2, 0.25) is 23.6 Å². The maximum atomic E-state index is 14.1. The van der Waals surface area contributed by atoms with Crippen LogP contribution in [-0.4, -0.2) is 102 Å². The number of carbonyl (C=O) groups is 8. The minimum absolute atomic E-state index is 0.0251. The molecule has 2 aromatic heterocycles. The highest BCUT2D eigenvalue weighted by molar-refractivity contribution is 6.27. The molecule has 408 valence electrons. The van der Waals surface area contributed by atoms with Gasteiger partial charge in [0.05, 0.1) is 74.5 Å². The summed E-state index contributed by atoms with van der Waals surface area (Å²) in [7, 11) is 1.79. The Hall–Kier alpha value is -10.2. The molecule has 5 aliphatic heterocycles. The number of piperidine rings is 2. The van der Waals surface area contributed by atoms with E-state index in [1.807, 2.05) is 16.8 Å². The zero-order valence-corrected chi connectivity index (χ0v) is 42.9. The number of ether oxygens (including phenoxy) is 3. The topological polar surface area (TPSA) is 254 Å². The van der Waals surface area contributed by atoms with Crippen molar-refractivity contribution in [3.8, 4) is 23.0 Å². The van der Waals surface area contributed by atoms with Crippen LogP contribution in [-0.2, 0) is 31.0 Å². The van der Waals surface area contributed by atoms with Crippen LogP contribution in [0.15, 0.2) is 122 Å². The number of aromatic nitrogens is 4. The van der Waals surface area contributed by atoms with Gasteiger partial charge in [-0.25, -0.2) is 8.78 Å². The number of hydrogen-bond acceptors (Lipinski definition) is 15. The van der Waals surface area contributed by atoms with Crippen molar-refractivity contribution in [2.75, 3.05) is 23.8 Å². The Morgan fingerprint density at radius 3 is 1.62 bits per heavy atom. The van der Waals surface area contributed by atoms with E-state index in [1.54, 1.807) is 72.7 Å². The molecular formula is C58H46F2N10O11. The molecule has 8 aromatic rings. The molecule has 6 aromatic carbocycles. The average molecular weight is 1100 g/mol. The van der Waals surface area contributed by atoms with Crippen LogP contribution in [0.4, 0.5) is 31.5 Å². The Labute approximate surface area is 457 Å². The van der Waals surface area contributed by atoms with Gasteiger partial charge >= 0.3 is 0 Å². The van der Waals surface area contributed by atoms with Crippen LogP contribution in [0, 0.1) is 11.6 Å². The zero-order chi connectivity index (χ0) is 56.2. The van der Waals surface area contributed by atoms with Crippen molar-refractivity contribution < 1.29 is 61.3 Å². The number of halogens is 2. The van der Waals surface area contributed by atoms with E-state index in [0.29, 0.717) is 53.2 Å². The smallest absolute Gasteiger partial charge is 0.264 e. The Morgan fingerprint density at radius 2 is 1.06 bits per heavy atom. The quantitative estimate of drug-likeness (QED) is 0.0893. The number of imide groups is 4. The largest absolute Gasteiger partial charge is 0.455 e. The Balaban J connectivity index is 0.000000162. The van der Waals surface area contributed by atoms with E-state index in [9.17, 15) is 47.1 Å². The van der Waals surface area contributed by atoms with Crippen LogP contribution in [0.5, 0.6) is 23.0 Å². The lowest BCUT2D eigenvalue weighted by atomic mass is 10.0. The van der Waals surface area contributed by atoms with Gasteiger partial charge < -0.3 is 24.8 Å². The van der Waals surface area contributed by atoms with Gasteiger partial charge in [-0.15, -0.1) is 0 Å². The Bertz CT molecular complexity index is 3990. The van der Waals surface area contributed by atoms with E-state index >= 15 is 0 Å².